The lowest BCUT2D eigenvalue weighted by molar-refractivity contribution is 0.665. The minimum absolute atomic E-state index is 0.836. The number of hydrogen-bond donors (Lipinski definition) is 0. The van der Waals surface area contributed by atoms with Crippen molar-refractivity contribution in [1.29, 1.82) is 0 Å². The average molecular weight is 476 g/mol. The quantitative estimate of drug-likeness (QED) is 0.255. The number of anilines is 3. The van der Waals surface area contributed by atoms with Crippen LogP contribution in [0.5, 0.6) is 0 Å². The molecule has 3 heteroatoms. The molecule has 8 aromatic rings. The van der Waals surface area contributed by atoms with Crippen molar-refractivity contribution in [3.05, 3.63) is 127 Å². The van der Waals surface area contributed by atoms with Crippen molar-refractivity contribution in [3.63, 3.8) is 0 Å². The number of fused-ring (bicyclic) bond motifs is 10. The molecule has 0 aliphatic heterocycles. The van der Waals surface area contributed by atoms with Gasteiger partial charge in [0.05, 0.1) is 16.5 Å². The third kappa shape index (κ3) is 2.88. The minimum Gasteiger partial charge on any atom is -0.455 e. The average Bonchev–Trinajstić information content (AvgIpc) is 3.54. The van der Waals surface area contributed by atoms with Crippen LogP contribution in [0.3, 0.4) is 0 Å². The van der Waals surface area contributed by atoms with Crippen LogP contribution in [0.2, 0.25) is 0 Å². The maximum absolute atomic E-state index is 6.65. The van der Waals surface area contributed by atoms with Crippen LogP contribution in [0.1, 0.15) is 0 Å². The zero-order chi connectivity index (χ0) is 24.3. The van der Waals surface area contributed by atoms with Gasteiger partial charge in [-0.05, 0) is 47.9 Å². The summed E-state index contributed by atoms with van der Waals surface area (Å²) in [6.07, 6.45) is 0. The van der Waals surface area contributed by atoms with Gasteiger partial charge in [0.25, 0.3) is 0 Å². The topological polar surface area (TPSA) is 29.5 Å². The van der Waals surface area contributed by atoms with E-state index in [0.29, 0.717) is 0 Å². The lowest BCUT2D eigenvalue weighted by atomic mass is 9.99. The van der Waals surface area contributed by atoms with Crippen LogP contribution in [0.25, 0.3) is 54.6 Å². The van der Waals surface area contributed by atoms with E-state index in [1.54, 1.807) is 0 Å². The van der Waals surface area contributed by atoms with Gasteiger partial charge in [0.1, 0.15) is 22.3 Å². The van der Waals surface area contributed by atoms with Crippen molar-refractivity contribution in [2.45, 2.75) is 0 Å². The number of nitrogens with zero attached hydrogens (tertiary/aromatic N) is 1. The minimum atomic E-state index is 0.836. The Hall–Kier alpha value is -5.02. The van der Waals surface area contributed by atoms with Gasteiger partial charge in [0.2, 0.25) is 0 Å². The highest BCUT2D eigenvalue weighted by atomic mass is 16.3. The standard InChI is InChI=1S/C34H21NO2/c1-3-12-22(13-4-1)35(23-14-5-2-6-15-23)27-19-11-21-29-31(27)32-33(37-29)25-17-8-7-16-24(25)30-26-18-9-10-20-28(26)36-34(30)32/h1-21H. The molecule has 8 rings (SSSR count). The van der Waals surface area contributed by atoms with Crippen LogP contribution in [0.15, 0.2) is 136 Å². The smallest absolute Gasteiger partial charge is 0.147 e. The van der Waals surface area contributed by atoms with E-state index in [-0.39, 0.29) is 0 Å². The molecule has 37 heavy (non-hydrogen) atoms. The molecule has 3 nitrogen and oxygen atoms in total. The molecule has 0 saturated carbocycles. The Morgan fingerprint density at radius 2 is 0.946 bits per heavy atom. The molecule has 174 valence electrons. The molecule has 0 aliphatic rings. The summed E-state index contributed by atoms with van der Waals surface area (Å²) in [4.78, 5) is 2.29. The van der Waals surface area contributed by atoms with E-state index >= 15 is 0 Å². The highest BCUT2D eigenvalue weighted by Gasteiger charge is 2.24. The number of furan rings is 2. The zero-order valence-electron chi connectivity index (χ0n) is 19.9. The molecule has 0 unspecified atom stereocenters. The molecule has 0 saturated heterocycles. The zero-order valence-corrected chi connectivity index (χ0v) is 19.9. The summed E-state index contributed by atoms with van der Waals surface area (Å²) in [7, 11) is 0. The number of para-hydroxylation sites is 3. The Kier molecular flexibility index (Phi) is 4.23. The highest BCUT2D eigenvalue weighted by Crippen LogP contribution is 2.48. The molecular formula is C34H21NO2. The van der Waals surface area contributed by atoms with Crippen molar-refractivity contribution in [2.24, 2.45) is 0 Å². The molecule has 6 aromatic carbocycles. The largest absolute Gasteiger partial charge is 0.455 e. The molecule has 2 aromatic heterocycles. The monoisotopic (exact) mass is 475 g/mol. The third-order valence-corrected chi connectivity index (χ3v) is 7.23. The van der Waals surface area contributed by atoms with Gasteiger partial charge in [-0.15, -0.1) is 0 Å². The molecule has 0 bridgehead atoms. The maximum Gasteiger partial charge on any atom is 0.147 e. The van der Waals surface area contributed by atoms with Crippen molar-refractivity contribution in [3.8, 4) is 0 Å². The summed E-state index contributed by atoms with van der Waals surface area (Å²) < 4.78 is 13.3. The summed E-state index contributed by atoms with van der Waals surface area (Å²) in [5.41, 5.74) is 6.64. The van der Waals surface area contributed by atoms with E-state index in [9.17, 15) is 0 Å². The van der Waals surface area contributed by atoms with Gasteiger partial charge in [0, 0.05) is 27.5 Å². The van der Waals surface area contributed by atoms with Gasteiger partial charge in [-0.1, -0.05) is 84.9 Å². The molecule has 0 N–H and O–H groups in total. The second-order valence-corrected chi connectivity index (χ2v) is 9.31. The Balaban J connectivity index is 1.59. The van der Waals surface area contributed by atoms with E-state index in [1.807, 2.05) is 24.3 Å². The van der Waals surface area contributed by atoms with Crippen LogP contribution >= 0.6 is 0 Å². The summed E-state index contributed by atoms with van der Waals surface area (Å²) in [5.74, 6) is 0. The van der Waals surface area contributed by atoms with E-state index in [2.05, 4.69) is 108 Å². The predicted molar refractivity (Wildman–Crippen MR) is 153 cm³/mol. The lowest BCUT2D eigenvalue weighted by Gasteiger charge is -2.26. The van der Waals surface area contributed by atoms with E-state index in [0.717, 1.165) is 71.7 Å². The van der Waals surface area contributed by atoms with Crippen LogP contribution in [0, 0.1) is 0 Å². The maximum atomic E-state index is 6.65. The van der Waals surface area contributed by atoms with Gasteiger partial charge in [-0.25, -0.2) is 0 Å². The van der Waals surface area contributed by atoms with Crippen LogP contribution in [-0.2, 0) is 0 Å². The van der Waals surface area contributed by atoms with Crippen LogP contribution in [0.4, 0.5) is 17.1 Å². The Labute approximate surface area is 212 Å². The summed E-state index contributed by atoms with van der Waals surface area (Å²) in [6.45, 7) is 0. The first-order valence-electron chi connectivity index (χ1n) is 12.5. The normalized spacial score (nSPS) is 11.8. The fourth-order valence-corrected chi connectivity index (χ4v) is 5.69. The van der Waals surface area contributed by atoms with Crippen molar-refractivity contribution in [2.75, 3.05) is 4.90 Å². The SMILES string of the molecule is c1ccc(N(c2ccccc2)c2cccc3oc4c5ccccc5c5c6ccccc6oc5c4c23)cc1. The highest BCUT2D eigenvalue weighted by molar-refractivity contribution is 6.35. The summed E-state index contributed by atoms with van der Waals surface area (Å²) in [5, 5.41) is 6.52. The second kappa shape index (κ2) is 7.74. The fourth-order valence-electron chi connectivity index (χ4n) is 5.69. The molecule has 0 atom stereocenters. The number of benzene rings is 6. The number of hydrogen-bond acceptors (Lipinski definition) is 3. The van der Waals surface area contributed by atoms with Gasteiger partial charge in [-0.2, -0.15) is 0 Å². The van der Waals surface area contributed by atoms with E-state index in [1.165, 1.54) is 0 Å². The van der Waals surface area contributed by atoms with E-state index in [4.69, 9.17) is 8.83 Å². The summed E-state index contributed by atoms with van der Waals surface area (Å²) >= 11 is 0. The Morgan fingerprint density at radius 3 is 1.68 bits per heavy atom. The van der Waals surface area contributed by atoms with Gasteiger partial charge < -0.3 is 13.7 Å². The molecule has 0 aliphatic carbocycles. The fraction of sp³-hybridized carbons (Fsp3) is 0. The van der Waals surface area contributed by atoms with Gasteiger partial charge in [0.15, 0.2) is 0 Å². The Morgan fingerprint density at radius 1 is 0.378 bits per heavy atom. The van der Waals surface area contributed by atoms with Crippen molar-refractivity contribution in [1.82, 2.24) is 0 Å². The molecule has 0 fully saturated rings. The van der Waals surface area contributed by atoms with Crippen LogP contribution in [-0.4, -0.2) is 0 Å². The first kappa shape index (κ1) is 20.2. The van der Waals surface area contributed by atoms with Crippen LogP contribution < -0.4 is 4.90 Å². The van der Waals surface area contributed by atoms with Crippen molar-refractivity contribution >= 4 is 71.7 Å². The molecule has 0 amide bonds. The first-order chi connectivity index (χ1) is 18.4. The predicted octanol–water partition coefficient (Wildman–Crippen LogP) is 10.1. The first-order valence-corrected chi connectivity index (χ1v) is 12.5. The third-order valence-electron chi connectivity index (χ3n) is 7.23. The van der Waals surface area contributed by atoms with Gasteiger partial charge in [-0.3, -0.25) is 0 Å². The van der Waals surface area contributed by atoms with E-state index < -0.39 is 0 Å². The molecular weight excluding hydrogens is 454 g/mol. The van der Waals surface area contributed by atoms with Gasteiger partial charge >= 0.3 is 0 Å². The van der Waals surface area contributed by atoms with Crippen molar-refractivity contribution < 1.29 is 8.83 Å². The Bertz CT molecular complexity index is 2050. The lowest BCUT2D eigenvalue weighted by Crippen LogP contribution is -2.09. The second-order valence-electron chi connectivity index (χ2n) is 9.31. The molecule has 0 radical (unpaired) electrons. The number of rotatable bonds is 3. The molecule has 0 spiro atoms. The molecule has 2 heterocycles. The summed E-state index contributed by atoms with van der Waals surface area (Å²) in [6, 6.07) is 44.0.